The number of sulfonamides is 1. The summed E-state index contributed by atoms with van der Waals surface area (Å²) in [7, 11) is -3.67. The van der Waals surface area contributed by atoms with Gasteiger partial charge in [0.1, 0.15) is 11.8 Å². The van der Waals surface area contributed by atoms with Gasteiger partial charge in [-0.05, 0) is 74.6 Å². The molecule has 1 atom stereocenters. The SMILES string of the molecule is CCCN([C@@H]1CCc2c(-c3noc(-c4ccc(OC(C)C)c(C#N)c4)n3)cccc21)S(=O)(=O)c1ccccc1. The first kappa shape index (κ1) is 26.6. The zero-order valence-electron chi connectivity index (χ0n) is 22.2. The van der Waals surface area contributed by atoms with Crippen LogP contribution in [0.4, 0.5) is 0 Å². The van der Waals surface area contributed by atoms with E-state index in [1.807, 2.05) is 45.0 Å². The van der Waals surface area contributed by atoms with Gasteiger partial charge in [-0.15, -0.1) is 0 Å². The highest BCUT2D eigenvalue weighted by molar-refractivity contribution is 7.89. The van der Waals surface area contributed by atoms with Crippen molar-refractivity contribution in [1.82, 2.24) is 14.4 Å². The number of nitriles is 1. The van der Waals surface area contributed by atoms with Gasteiger partial charge in [0.15, 0.2) is 0 Å². The Morgan fingerprint density at radius 1 is 1.13 bits per heavy atom. The van der Waals surface area contributed by atoms with Crippen LogP contribution in [0.2, 0.25) is 0 Å². The number of rotatable bonds is 9. The van der Waals surface area contributed by atoms with Crippen LogP contribution in [0.1, 0.15) is 56.3 Å². The third-order valence-electron chi connectivity index (χ3n) is 6.76. The van der Waals surface area contributed by atoms with Crippen molar-refractivity contribution in [2.45, 2.75) is 57.1 Å². The summed E-state index contributed by atoms with van der Waals surface area (Å²) in [5.74, 6) is 1.23. The highest BCUT2D eigenvalue weighted by Gasteiger charge is 2.37. The van der Waals surface area contributed by atoms with E-state index >= 15 is 0 Å². The minimum absolute atomic E-state index is 0.0575. The molecule has 5 rings (SSSR count). The summed E-state index contributed by atoms with van der Waals surface area (Å²) in [5, 5.41) is 13.8. The van der Waals surface area contributed by atoms with Crippen LogP contribution < -0.4 is 4.74 Å². The lowest BCUT2D eigenvalue weighted by Crippen LogP contribution is -2.34. The van der Waals surface area contributed by atoms with Crippen LogP contribution in [0.15, 0.2) is 76.1 Å². The van der Waals surface area contributed by atoms with Gasteiger partial charge in [-0.25, -0.2) is 8.42 Å². The Labute approximate surface area is 228 Å². The van der Waals surface area contributed by atoms with Gasteiger partial charge in [-0.2, -0.15) is 14.6 Å². The molecule has 9 heteroatoms. The Kier molecular flexibility index (Phi) is 7.51. The number of benzene rings is 3. The maximum absolute atomic E-state index is 13.6. The van der Waals surface area contributed by atoms with Crippen LogP contribution in [0.25, 0.3) is 22.8 Å². The average molecular weight is 543 g/mol. The van der Waals surface area contributed by atoms with Crippen molar-refractivity contribution in [3.05, 3.63) is 83.4 Å². The molecule has 0 radical (unpaired) electrons. The Hall–Kier alpha value is -4.00. The molecule has 1 aliphatic rings. The fourth-order valence-corrected chi connectivity index (χ4v) is 6.84. The number of aromatic nitrogens is 2. The largest absolute Gasteiger partial charge is 0.490 e. The molecule has 0 N–H and O–H groups in total. The first-order valence-corrected chi connectivity index (χ1v) is 14.5. The lowest BCUT2D eigenvalue weighted by atomic mass is 10.0. The fourth-order valence-electron chi connectivity index (χ4n) is 5.09. The third kappa shape index (κ3) is 5.18. The third-order valence-corrected chi connectivity index (χ3v) is 8.68. The Balaban J connectivity index is 1.48. The number of hydrogen-bond donors (Lipinski definition) is 0. The quantitative estimate of drug-likeness (QED) is 0.249. The second kappa shape index (κ2) is 11.0. The smallest absolute Gasteiger partial charge is 0.258 e. The molecule has 0 fully saturated rings. The lowest BCUT2D eigenvalue weighted by Gasteiger charge is -2.28. The van der Waals surface area contributed by atoms with Gasteiger partial charge in [0.2, 0.25) is 15.8 Å². The van der Waals surface area contributed by atoms with E-state index in [0.29, 0.717) is 59.3 Å². The zero-order chi connectivity index (χ0) is 27.6. The highest BCUT2D eigenvalue weighted by Crippen LogP contribution is 2.42. The second-order valence-electron chi connectivity index (χ2n) is 9.77. The first-order valence-electron chi connectivity index (χ1n) is 13.1. The molecule has 1 aromatic heterocycles. The normalized spacial score (nSPS) is 14.9. The molecule has 0 saturated carbocycles. The van der Waals surface area contributed by atoms with Crippen LogP contribution in [0.3, 0.4) is 0 Å². The van der Waals surface area contributed by atoms with E-state index in [1.54, 1.807) is 46.8 Å². The minimum atomic E-state index is -3.67. The standard InChI is InChI=1S/C30H30N4O4S/c1-4-17-34(39(35,36)23-9-6-5-7-10-23)27-15-14-24-25(27)11-8-12-26(24)29-32-30(38-33-29)21-13-16-28(37-20(2)3)22(18-21)19-31/h5-13,16,18,20,27H,4,14-15,17H2,1-3H3/t27-/m1/s1. The summed E-state index contributed by atoms with van der Waals surface area (Å²) in [6.45, 7) is 6.22. The molecule has 1 heterocycles. The summed E-state index contributed by atoms with van der Waals surface area (Å²) in [5.41, 5.74) is 3.82. The maximum atomic E-state index is 13.6. The van der Waals surface area contributed by atoms with Crippen molar-refractivity contribution in [3.8, 4) is 34.7 Å². The summed E-state index contributed by atoms with van der Waals surface area (Å²) in [4.78, 5) is 4.94. The Bertz CT molecular complexity index is 1620. The van der Waals surface area contributed by atoms with E-state index in [2.05, 4.69) is 16.2 Å². The Morgan fingerprint density at radius 3 is 2.64 bits per heavy atom. The number of nitrogens with zero attached hydrogens (tertiary/aromatic N) is 4. The van der Waals surface area contributed by atoms with Crippen molar-refractivity contribution >= 4 is 10.0 Å². The summed E-state index contributed by atoms with van der Waals surface area (Å²) >= 11 is 0. The second-order valence-corrected chi connectivity index (χ2v) is 11.7. The van der Waals surface area contributed by atoms with Crippen LogP contribution in [-0.4, -0.2) is 35.5 Å². The molecule has 0 spiro atoms. The number of ether oxygens (including phenoxy) is 1. The van der Waals surface area contributed by atoms with Crippen LogP contribution in [0, 0.1) is 11.3 Å². The topological polar surface area (TPSA) is 109 Å². The van der Waals surface area contributed by atoms with Crippen molar-refractivity contribution in [2.24, 2.45) is 0 Å². The molecule has 4 aromatic rings. The monoisotopic (exact) mass is 542 g/mol. The van der Waals surface area contributed by atoms with Crippen LogP contribution in [0.5, 0.6) is 5.75 Å². The molecular formula is C30H30N4O4S. The molecule has 1 aliphatic carbocycles. The number of fused-ring (bicyclic) bond motifs is 1. The molecule has 200 valence electrons. The summed E-state index contributed by atoms with van der Waals surface area (Å²) in [6, 6.07) is 21.5. The fraction of sp³-hybridized carbons (Fsp3) is 0.300. The molecular weight excluding hydrogens is 512 g/mol. The van der Waals surface area contributed by atoms with Gasteiger partial charge in [0.25, 0.3) is 5.89 Å². The van der Waals surface area contributed by atoms with E-state index in [1.165, 1.54) is 0 Å². The first-order chi connectivity index (χ1) is 18.8. The zero-order valence-corrected chi connectivity index (χ0v) is 23.0. The van der Waals surface area contributed by atoms with E-state index in [4.69, 9.17) is 9.26 Å². The average Bonchev–Trinajstić information content (AvgIpc) is 3.60. The van der Waals surface area contributed by atoms with E-state index in [9.17, 15) is 13.7 Å². The van der Waals surface area contributed by atoms with E-state index < -0.39 is 10.0 Å². The molecule has 0 bridgehead atoms. The van der Waals surface area contributed by atoms with E-state index in [0.717, 1.165) is 16.7 Å². The van der Waals surface area contributed by atoms with Crippen LogP contribution >= 0.6 is 0 Å². The molecule has 0 saturated heterocycles. The molecule has 3 aromatic carbocycles. The van der Waals surface area contributed by atoms with Crippen molar-refractivity contribution < 1.29 is 17.7 Å². The Morgan fingerprint density at radius 2 is 1.92 bits per heavy atom. The molecule has 0 unspecified atom stereocenters. The molecule has 8 nitrogen and oxygen atoms in total. The molecule has 0 aliphatic heterocycles. The maximum Gasteiger partial charge on any atom is 0.258 e. The minimum Gasteiger partial charge on any atom is -0.490 e. The van der Waals surface area contributed by atoms with E-state index in [-0.39, 0.29) is 12.1 Å². The van der Waals surface area contributed by atoms with Gasteiger partial charge in [0.05, 0.1) is 22.6 Å². The van der Waals surface area contributed by atoms with Gasteiger partial charge in [0, 0.05) is 17.7 Å². The van der Waals surface area contributed by atoms with Gasteiger partial charge < -0.3 is 9.26 Å². The van der Waals surface area contributed by atoms with Gasteiger partial charge in [-0.1, -0.05) is 48.5 Å². The predicted molar refractivity (Wildman–Crippen MR) is 147 cm³/mol. The van der Waals surface area contributed by atoms with Crippen LogP contribution in [-0.2, 0) is 16.4 Å². The van der Waals surface area contributed by atoms with Crippen molar-refractivity contribution in [1.29, 1.82) is 5.26 Å². The van der Waals surface area contributed by atoms with Gasteiger partial charge >= 0.3 is 0 Å². The molecule has 39 heavy (non-hydrogen) atoms. The highest BCUT2D eigenvalue weighted by atomic mass is 32.2. The summed E-state index contributed by atoms with van der Waals surface area (Å²) < 4.78 is 40.2. The summed E-state index contributed by atoms with van der Waals surface area (Å²) in [6.07, 6.45) is 2.02. The van der Waals surface area contributed by atoms with Gasteiger partial charge in [-0.3, -0.25) is 0 Å². The lowest BCUT2D eigenvalue weighted by molar-refractivity contribution is 0.241. The predicted octanol–water partition coefficient (Wildman–Crippen LogP) is 6.15. The molecule has 0 amide bonds. The number of hydrogen-bond acceptors (Lipinski definition) is 7. The van der Waals surface area contributed by atoms with Crippen molar-refractivity contribution in [2.75, 3.05) is 6.54 Å². The van der Waals surface area contributed by atoms with Crippen molar-refractivity contribution in [3.63, 3.8) is 0 Å².